The molecule has 4 rings (SSSR count). The van der Waals surface area contributed by atoms with Crippen molar-refractivity contribution in [3.05, 3.63) is 78.4 Å². The fourth-order valence-electron chi connectivity index (χ4n) is 4.19. The van der Waals surface area contributed by atoms with Crippen LogP contribution in [0.1, 0.15) is 18.4 Å². The highest BCUT2D eigenvalue weighted by Crippen LogP contribution is 2.54. The van der Waals surface area contributed by atoms with E-state index in [4.69, 9.17) is 0 Å². The summed E-state index contributed by atoms with van der Waals surface area (Å²) in [5.41, 5.74) is -0.832. The zero-order chi connectivity index (χ0) is 27.7. The number of aliphatic carboxylic acids is 1. The highest BCUT2D eigenvalue weighted by molar-refractivity contribution is 7.89. The Labute approximate surface area is 214 Å². The first-order valence-electron chi connectivity index (χ1n) is 11.1. The molecule has 3 aromatic carbocycles. The summed E-state index contributed by atoms with van der Waals surface area (Å²) < 4.78 is 101. The minimum atomic E-state index is -5.05. The first-order chi connectivity index (χ1) is 17.8. The van der Waals surface area contributed by atoms with Crippen molar-refractivity contribution in [2.24, 2.45) is 0 Å². The van der Waals surface area contributed by atoms with Crippen LogP contribution >= 0.6 is 0 Å². The van der Waals surface area contributed by atoms with E-state index in [0.29, 0.717) is 9.87 Å². The van der Waals surface area contributed by atoms with E-state index >= 15 is 0 Å². The number of carbonyl (C=O) groups is 1. The van der Waals surface area contributed by atoms with Crippen molar-refractivity contribution in [1.29, 1.82) is 0 Å². The van der Waals surface area contributed by atoms with Crippen LogP contribution in [0, 0.1) is 0 Å². The number of carboxylic acids is 1. The lowest BCUT2D eigenvalue weighted by Gasteiger charge is -2.31. The SMILES string of the molecule is O=C(O)CN(C1(c2ccc(-c3ccccc3)c(OC(F)(F)F)c2)CC1)S(=O)(=O)c1ccc(OC(F)F)cc1. The van der Waals surface area contributed by atoms with Gasteiger partial charge in [0, 0.05) is 5.56 Å². The predicted molar refractivity (Wildman–Crippen MR) is 124 cm³/mol. The van der Waals surface area contributed by atoms with Crippen molar-refractivity contribution in [1.82, 2.24) is 4.31 Å². The van der Waals surface area contributed by atoms with Crippen LogP contribution in [-0.4, -0.2) is 43.3 Å². The Morgan fingerprint density at radius 1 is 1.00 bits per heavy atom. The van der Waals surface area contributed by atoms with E-state index in [2.05, 4.69) is 9.47 Å². The van der Waals surface area contributed by atoms with Gasteiger partial charge >= 0.3 is 18.9 Å². The molecule has 202 valence electrons. The second kappa shape index (κ2) is 10.2. The van der Waals surface area contributed by atoms with Gasteiger partial charge < -0.3 is 14.6 Å². The van der Waals surface area contributed by atoms with Crippen LogP contribution in [0.4, 0.5) is 22.0 Å². The molecule has 1 fully saturated rings. The fraction of sp³-hybridized carbons (Fsp3) is 0.240. The van der Waals surface area contributed by atoms with Crippen LogP contribution in [0.3, 0.4) is 0 Å². The molecule has 0 bridgehead atoms. The molecular weight excluding hydrogens is 537 g/mol. The number of hydrogen-bond donors (Lipinski definition) is 1. The minimum Gasteiger partial charge on any atom is -0.480 e. The molecule has 0 heterocycles. The van der Waals surface area contributed by atoms with Gasteiger partial charge in [0.15, 0.2) is 0 Å². The molecule has 7 nitrogen and oxygen atoms in total. The Morgan fingerprint density at radius 3 is 2.16 bits per heavy atom. The van der Waals surface area contributed by atoms with Gasteiger partial charge in [-0.1, -0.05) is 42.5 Å². The average molecular weight is 557 g/mol. The van der Waals surface area contributed by atoms with Gasteiger partial charge in [0.05, 0.1) is 10.4 Å². The molecule has 13 heteroatoms. The molecule has 0 spiro atoms. The summed E-state index contributed by atoms with van der Waals surface area (Å²) in [6, 6.07) is 15.9. The first-order valence-corrected chi connectivity index (χ1v) is 12.5. The van der Waals surface area contributed by atoms with Crippen molar-refractivity contribution in [2.75, 3.05) is 6.54 Å². The van der Waals surface area contributed by atoms with Crippen LogP contribution < -0.4 is 9.47 Å². The number of hydrogen-bond acceptors (Lipinski definition) is 5. The van der Waals surface area contributed by atoms with E-state index in [9.17, 15) is 40.3 Å². The zero-order valence-corrected chi connectivity index (χ0v) is 20.2. The van der Waals surface area contributed by atoms with Gasteiger partial charge in [-0.25, -0.2) is 8.42 Å². The third-order valence-electron chi connectivity index (χ3n) is 5.95. The van der Waals surface area contributed by atoms with Crippen LogP contribution in [0.15, 0.2) is 77.7 Å². The first kappa shape index (κ1) is 27.3. The summed E-state index contributed by atoms with van der Waals surface area (Å²) in [6.45, 7) is -4.13. The number of halogens is 5. The fourth-order valence-corrected chi connectivity index (χ4v) is 5.95. The summed E-state index contributed by atoms with van der Waals surface area (Å²) in [7, 11) is -4.55. The molecular formula is C25H20F5NO6S. The number of benzene rings is 3. The number of alkyl halides is 5. The maximum absolute atomic E-state index is 13.5. The lowest BCUT2D eigenvalue weighted by atomic mass is 9.98. The second-order valence-corrected chi connectivity index (χ2v) is 10.3. The zero-order valence-electron chi connectivity index (χ0n) is 19.4. The molecule has 0 aromatic heterocycles. The summed E-state index contributed by atoms with van der Waals surface area (Å²) in [5.74, 6) is -2.38. The monoisotopic (exact) mass is 557 g/mol. The topological polar surface area (TPSA) is 93.1 Å². The quantitative estimate of drug-likeness (QED) is 0.326. The molecule has 0 atom stereocenters. The van der Waals surface area contributed by atoms with Gasteiger partial charge in [0.25, 0.3) is 0 Å². The lowest BCUT2D eigenvalue weighted by Crippen LogP contribution is -2.43. The second-order valence-electron chi connectivity index (χ2n) is 8.41. The maximum Gasteiger partial charge on any atom is 0.573 e. The third kappa shape index (κ3) is 5.89. The molecule has 3 aromatic rings. The number of sulfonamides is 1. The van der Waals surface area contributed by atoms with E-state index in [1.807, 2.05) is 0 Å². The largest absolute Gasteiger partial charge is 0.573 e. The molecule has 1 aliphatic carbocycles. The van der Waals surface area contributed by atoms with Gasteiger partial charge in [0.1, 0.15) is 18.0 Å². The Kier molecular flexibility index (Phi) is 7.35. The third-order valence-corrected chi connectivity index (χ3v) is 7.87. The van der Waals surface area contributed by atoms with E-state index < -0.39 is 51.7 Å². The van der Waals surface area contributed by atoms with Crippen LogP contribution in [0.2, 0.25) is 0 Å². The molecule has 0 unspecified atom stereocenters. The van der Waals surface area contributed by atoms with E-state index in [0.717, 1.165) is 30.3 Å². The number of carboxylic acid groups (broad SMARTS) is 1. The molecule has 1 aliphatic rings. The van der Waals surface area contributed by atoms with Crippen LogP contribution in [0.25, 0.3) is 11.1 Å². The van der Waals surface area contributed by atoms with E-state index in [1.54, 1.807) is 30.3 Å². The van der Waals surface area contributed by atoms with Gasteiger partial charge in [-0.05, 0) is 54.3 Å². The van der Waals surface area contributed by atoms with E-state index in [-0.39, 0.29) is 29.7 Å². The number of nitrogens with zero attached hydrogens (tertiary/aromatic N) is 1. The van der Waals surface area contributed by atoms with Gasteiger partial charge in [-0.15, -0.1) is 13.2 Å². The van der Waals surface area contributed by atoms with Crippen molar-refractivity contribution in [3.8, 4) is 22.6 Å². The molecule has 0 saturated heterocycles. The van der Waals surface area contributed by atoms with Crippen molar-refractivity contribution in [2.45, 2.75) is 36.2 Å². The number of rotatable bonds is 10. The average Bonchev–Trinajstić information content (AvgIpc) is 3.63. The smallest absolute Gasteiger partial charge is 0.480 e. The standard InChI is InChI=1S/C25H20F5NO6S/c26-23(27)36-18-7-9-19(10-8-18)38(34,35)31(15-22(32)33)24(12-13-24)17-6-11-20(16-4-2-1-3-5-16)21(14-17)37-25(28,29)30/h1-11,14,23H,12-13,15H2,(H,32,33). The Bertz CT molecular complexity index is 1410. The van der Waals surface area contributed by atoms with Gasteiger partial charge in [-0.2, -0.15) is 13.1 Å². The Balaban J connectivity index is 1.78. The molecule has 38 heavy (non-hydrogen) atoms. The minimum absolute atomic E-state index is 0.102. The summed E-state index contributed by atoms with van der Waals surface area (Å²) in [5, 5.41) is 9.49. The number of ether oxygens (including phenoxy) is 2. The molecule has 0 amide bonds. The van der Waals surface area contributed by atoms with E-state index in [1.165, 1.54) is 12.1 Å². The maximum atomic E-state index is 13.5. The van der Waals surface area contributed by atoms with Crippen molar-refractivity contribution in [3.63, 3.8) is 0 Å². The predicted octanol–water partition coefficient (Wildman–Crippen LogP) is 5.62. The molecule has 1 N–H and O–H groups in total. The highest BCUT2D eigenvalue weighted by atomic mass is 32.2. The van der Waals surface area contributed by atoms with Crippen LogP contribution in [0.5, 0.6) is 11.5 Å². The summed E-state index contributed by atoms with van der Waals surface area (Å²) in [6.07, 6.45) is -4.79. The summed E-state index contributed by atoms with van der Waals surface area (Å²) >= 11 is 0. The Hall–Kier alpha value is -3.71. The normalized spacial score (nSPS) is 14.9. The molecule has 0 radical (unpaired) electrons. The summed E-state index contributed by atoms with van der Waals surface area (Å²) in [4.78, 5) is 11.3. The van der Waals surface area contributed by atoms with Crippen LogP contribution in [-0.2, 0) is 20.4 Å². The van der Waals surface area contributed by atoms with Gasteiger partial charge in [0.2, 0.25) is 10.0 Å². The molecule has 0 aliphatic heterocycles. The lowest BCUT2D eigenvalue weighted by molar-refractivity contribution is -0.274. The van der Waals surface area contributed by atoms with Gasteiger partial charge in [-0.3, -0.25) is 4.79 Å². The van der Waals surface area contributed by atoms with Crippen molar-refractivity contribution >= 4 is 16.0 Å². The highest BCUT2D eigenvalue weighted by Gasteiger charge is 2.55. The molecule has 1 saturated carbocycles. The Morgan fingerprint density at radius 2 is 1.63 bits per heavy atom. The van der Waals surface area contributed by atoms with Crippen molar-refractivity contribution < 1.29 is 49.7 Å².